The highest BCUT2D eigenvalue weighted by molar-refractivity contribution is 5.17. The first kappa shape index (κ1) is 12.2. The van der Waals surface area contributed by atoms with Gasteiger partial charge in [-0.2, -0.15) is 0 Å². The molecule has 3 nitrogen and oxygen atoms in total. The molecule has 0 amide bonds. The van der Waals surface area contributed by atoms with Gasteiger partial charge >= 0.3 is 0 Å². The summed E-state index contributed by atoms with van der Waals surface area (Å²) in [5.74, 6) is 0.672. The van der Waals surface area contributed by atoms with Gasteiger partial charge in [0.25, 0.3) is 0 Å². The summed E-state index contributed by atoms with van der Waals surface area (Å²) in [4.78, 5) is 4.61. The van der Waals surface area contributed by atoms with E-state index in [1.54, 1.807) is 0 Å². The van der Waals surface area contributed by atoms with Crippen LogP contribution in [0.3, 0.4) is 0 Å². The number of rotatable bonds is 5. The molecular formula is C15H25N3. The van der Waals surface area contributed by atoms with Gasteiger partial charge in [-0.25, -0.2) is 4.98 Å². The topological polar surface area (TPSA) is 29.9 Å². The maximum Gasteiger partial charge on any atom is 0.0954 e. The number of hydrogen-bond acceptors (Lipinski definition) is 2. The van der Waals surface area contributed by atoms with E-state index in [1.165, 1.54) is 49.9 Å². The third-order valence-corrected chi connectivity index (χ3v) is 4.63. The second kappa shape index (κ2) is 5.04. The van der Waals surface area contributed by atoms with Crippen LogP contribution in [0.25, 0.3) is 0 Å². The van der Waals surface area contributed by atoms with Gasteiger partial charge in [-0.15, -0.1) is 0 Å². The van der Waals surface area contributed by atoms with Crippen molar-refractivity contribution in [1.29, 1.82) is 0 Å². The quantitative estimate of drug-likeness (QED) is 0.867. The molecule has 0 bridgehead atoms. The monoisotopic (exact) mass is 247 g/mol. The maximum absolute atomic E-state index is 4.61. The minimum absolute atomic E-state index is 0.561. The van der Waals surface area contributed by atoms with E-state index in [2.05, 4.69) is 35.0 Å². The molecule has 0 saturated heterocycles. The summed E-state index contributed by atoms with van der Waals surface area (Å²) in [7, 11) is 0. The zero-order valence-corrected chi connectivity index (χ0v) is 11.7. The van der Waals surface area contributed by atoms with Crippen molar-refractivity contribution in [3.63, 3.8) is 0 Å². The Morgan fingerprint density at radius 2 is 2.11 bits per heavy atom. The molecule has 18 heavy (non-hydrogen) atoms. The molecule has 2 atom stereocenters. The summed E-state index contributed by atoms with van der Waals surface area (Å²) < 4.78 is 2.44. The molecule has 1 aromatic heterocycles. The lowest BCUT2D eigenvalue weighted by Gasteiger charge is -2.25. The Balaban J connectivity index is 1.66. The smallest absolute Gasteiger partial charge is 0.0954 e. The van der Waals surface area contributed by atoms with E-state index >= 15 is 0 Å². The molecule has 3 heteroatoms. The van der Waals surface area contributed by atoms with Crippen molar-refractivity contribution in [2.24, 2.45) is 5.92 Å². The first-order chi connectivity index (χ1) is 8.75. The Morgan fingerprint density at radius 1 is 1.33 bits per heavy atom. The Labute approximate surface area is 110 Å². The highest BCUT2D eigenvalue weighted by Crippen LogP contribution is 2.27. The fourth-order valence-corrected chi connectivity index (χ4v) is 2.93. The number of aryl methyl sites for hydroxylation is 1. The van der Waals surface area contributed by atoms with E-state index in [1.807, 2.05) is 0 Å². The standard InChI is InChI=1S/C15H25N3/c1-11(9-16-13-7-8-13)12(2)18-10-17-14-5-3-4-6-15(14)18/h10-13,16H,3-9H2,1-2H3. The van der Waals surface area contributed by atoms with E-state index in [-0.39, 0.29) is 0 Å². The Kier molecular flexibility index (Phi) is 3.42. The number of imidazole rings is 1. The van der Waals surface area contributed by atoms with Crippen LogP contribution in [0.15, 0.2) is 6.33 Å². The summed E-state index contributed by atoms with van der Waals surface area (Å²) in [6.45, 7) is 5.84. The molecule has 1 N–H and O–H groups in total. The van der Waals surface area contributed by atoms with Crippen LogP contribution in [-0.4, -0.2) is 22.1 Å². The van der Waals surface area contributed by atoms with Crippen LogP contribution in [0.5, 0.6) is 0 Å². The average Bonchev–Trinajstić information content (AvgIpc) is 3.13. The minimum Gasteiger partial charge on any atom is -0.331 e. The van der Waals surface area contributed by atoms with E-state index in [0.717, 1.165) is 12.6 Å². The molecule has 2 aliphatic carbocycles. The van der Waals surface area contributed by atoms with Gasteiger partial charge in [0.05, 0.1) is 12.0 Å². The molecule has 1 saturated carbocycles. The lowest BCUT2D eigenvalue weighted by molar-refractivity contribution is 0.351. The van der Waals surface area contributed by atoms with Crippen LogP contribution in [-0.2, 0) is 12.8 Å². The number of aromatic nitrogens is 2. The lowest BCUT2D eigenvalue weighted by Crippen LogP contribution is -2.28. The van der Waals surface area contributed by atoms with E-state index in [9.17, 15) is 0 Å². The zero-order chi connectivity index (χ0) is 12.5. The van der Waals surface area contributed by atoms with Gasteiger partial charge in [0.15, 0.2) is 0 Å². The summed E-state index contributed by atoms with van der Waals surface area (Å²) >= 11 is 0. The summed E-state index contributed by atoms with van der Waals surface area (Å²) in [6.07, 6.45) is 9.89. The van der Waals surface area contributed by atoms with E-state index in [0.29, 0.717) is 12.0 Å². The van der Waals surface area contributed by atoms with Crippen LogP contribution in [0, 0.1) is 5.92 Å². The van der Waals surface area contributed by atoms with Crippen molar-refractivity contribution in [2.75, 3.05) is 6.54 Å². The largest absolute Gasteiger partial charge is 0.331 e. The molecule has 0 radical (unpaired) electrons. The summed E-state index contributed by atoms with van der Waals surface area (Å²) in [5, 5.41) is 3.65. The number of fused-ring (bicyclic) bond motifs is 1. The van der Waals surface area contributed by atoms with Crippen molar-refractivity contribution in [3.8, 4) is 0 Å². The number of nitrogens with one attached hydrogen (secondary N) is 1. The van der Waals surface area contributed by atoms with Crippen molar-refractivity contribution < 1.29 is 0 Å². The number of nitrogens with zero attached hydrogens (tertiary/aromatic N) is 2. The number of hydrogen-bond donors (Lipinski definition) is 1. The molecule has 2 aliphatic rings. The highest BCUT2D eigenvalue weighted by atomic mass is 15.1. The first-order valence-corrected chi connectivity index (χ1v) is 7.53. The van der Waals surface area contributed by atoms with Crippen molar-refractivity contribution in [1.82, 2.24) is 14.9 Å². The Morgan fingerprint density at radius 3 is 2.89 bits per heavy atom. The van der Waals surface area contributed by atoms with Crippen molar-refractivity contribution >= 4 is 0 Å². The van der Waals surface area contributed by atoms with Gasteiger partial charge in [-0.1, -0.05) is 6.92 Å². The van der Waals surface area contributed by atoms with Crippen LogP contribution < -0.4 is 5.32 Å². The second-order valence-corrected chi connectivity index (χ2v) is 6.15. The van der Waals surface area contributed by atoms with Crippen LogP contribution in [0.2, 0.25) is 0 Å². The fraction of sp³-hybridized carbons (Fsp3) is 0.800. The predicted molar refractivity (Wildman–Crippen MR) is 73.8 cm³/mol. The van der Waals surface area contributed by atoms with Gasteiger partial charge in [0.2, 0.25) is 0 Å². The molecule has 1 aromatic rings. The van der Waals surface area contributed by atoms with Crippen LogP contribution in [0.4, 0.5) is 0 Å². The molecule has 100 valence electrons. The molecular weight excluding hydrogens is 222 g/mol. The second-order valence-electron chi connectivity index (χ2n) is 6.15. The van der Waals surface area contributed by atoms with Gasteiger partial charge < -0.3 is 9.88 Å². The maximum atomic E-state index is 4.61. The normalized spacial score (nSPS) is 22.6. The van der Waals surface area contributed by atoms with Crippen molar-refractivity contribution in [2.45, 2.75) is 64.5 Å². The third-order valence-electron chi connectivity index (χ3n) is 4.63. The Bertz CT molecular complexity index is 406. The van der Waals surface area contributed by atoms with E-state index < -0.39 is 0 Å². The van der Waals surface area contributed by atoms with Gasteiger partial charge in [-0.05, 0) is 57.9 Å². The third kappa shape index (κ3) is 2.46. The Hall–Kier alpha value is -0.830. The van der Waals surface area contributed by atoms with Gasteiger partial charge in [-0.3, -0.25) is 0 Å². The van der Waals surface area contributed by atoms with Gasteiger partial charge in [0, 0.05) is 17.8 Å². The molecule has 0 aromatic carbocycles. The minimum atomic E-state index is 0.561. The van der Waals surface area contributed by atoms with Gasteiger partial charge in [0.1, 0.15) is 0 Å². The molecule has 3 rings (SSSR count). The highest BCUT2D eigenvalue weighted by Gasteiger charge is 2.24. The molecule has 1 heterocycles. The van der Waals surface area contributed by atoms with E-state index in [4.69, 9.17) is 0 Å². The summed E-state index contributed by atoms with van der Waals surface area (Å²) in [5.41, 5.74) is 2.86. The molecule has 1 fully saturated rings. The molecule has 2 unspecified atom stereocenters. The van der Waals surface area contributed by atoms with Crippen LogP contribution >= 0.6 is 0 Å². The predicted octanol–water partition coefficient (Wildman–Crippen LogP) is 2.71. The fourth-order valence-electron chi connectivity index (χ4n) is 2.93. The SMILES string of the molecule is CC(CNC1CC1)C(C)n1cnc2c1CCCC2. The molecule has 0 spiro atoms. The molecule has 0 aliphatic heterocycles. The average molecular weight is 247 g/mol. The first-order valence-electron chi connectivity index (χ1n) is 7.53. The van der Waals surface area contributed by atoms with Crippen LogP contribution in [0.1, 0.15) is 57.0 Å². The lowest BCUT2D eigenvalue weighted by atomic mass is 9.98. The zero-order valence-electron chi connectivity index (χ0n) is 11.7. The summed E-state index contributed by atoms with van der Waals surface area (Å²) in [6, 6.07) is 1.38. The van der Waals surface area contributed by atoms with Crippen molar-refractivity contribution in [3.05, 3.63) is 17.7 Å².